The monoisotopic (exact) mass is 578 g/mol. The van der Waals surface area contributed by atoms with Gasteiger partial charge in [0.15, 0.2) is 5.13 Å². The number of carbonyl (C=O) groups is 1. The van der Waals surface area contributed by atoms with E-state index < -0.39 is 17.6 Å². The van der Waals surface area contributed by atoms with E-state index in [1.54, 1.807) is 29.6 Å². The number of hydrogen-bond donors (Lipinski definition) is 2. The summed E-state index contributed by atoms with van der Waals surface area (Å²) in [5.41, 5.74) is 3.80. The Balaban J connectivity index is 1.27. The second-order valence-corrected chi connectivity index (χ2v) is 9.56. The van der Waals surface area contributed by atoms with Crippen LogP contribution in [0.3, 0.4) is 0 Å². The van der Waals surface area contributed by atoms with Gasteiger partial charge in [0.1, 0.15) is 12.4 Å². The number of rotatable bonds is 9. The van der Waals surface area contributed by atoms with Gasteiger partial charge >= 0.3 is 6.18 Å². The van der Waals surface area contributed by atoms with Crippen molar-refractivity contribution in [2.24, 2.45) is 5.10 Å². The minimum atomic E-state index is -4.44. The lowest BCUT2D eigenvalue weighted by atomic mass is 10.2. The van der Waals surface area contributed by atoms with E-state index in [0.717, 1.165) is 17.7 Å². The molecule has 3 aromatic carbocycles. The smallest absolute Gasteiger partial charge is 0.416 e. The second kappa shape index (κ2) is 12.3. The van der Waals surface area contributed by atoms with Crippen LogP contribution in [0.25, 0.3) is 0 Å². The van der Waals surface area contributed by atoms with Crippen LogP contribution in [0.4, 0.5) is 24.0 Å². The molecule has 0 spiro atoms. The standard InChI is InChI=1S/C26H19Cl2F3N4O2S/c27-21-7-2-1-4-17(21)14-37-23-9-8-16(10-22(23)28)13-32-35-24(36)12-20-15-38-25(34-20)33-19-6-3-5-18(11-19)26(29,30)31/h1-11,13,15H,12,14H2,(H,33,34)(H,35,36)/b32-13-. The van der Waals surface area contributed by atoms with E-state index in [4.69, 9.17) is 27.9 Å². The molecule has 0 saturated heterocycles. The number of benzene rings is 3. The number of nitrogens with zero attached hydrogens (tertiary/aromatic N) is 2. The number of hydrogen-bond acceptors (Lipinski definition) is 6. The number of thiazole rings is 1. The second-order valence-electron chi connectivity index (χ2n) is 7.89. The van der Waals surface area contributed by atoms with Gasteiger partial charge in [-0.05, 0) is 48.0 Å². The van der Waals surface area contributed by atoms with Gasteiger partial charge in [0.25, 0.3) is 0 Å². The van der Waals surface area contributed by atoms with Gasteiger partial charge in [-0.15, -0.1) is 11.3 Å². The third-order valence-corrected chi connectivity index (χ3v) is 6.51. The van der Waals surface area contributed by atoms with Crippen LogP contribution in [0.1, 0.15) is 22.4 Å². The zero-order valence-corrected chi connectivity index (χ0v) is 21.8. The van der Waals surface area contributed by atoms with Crippen molar-refractivity contribution in [3.63, 3.8) is 0 Å². The molecule has 0 bridgehead atoms. The molecule has 0 unspecified atom stereocenters. The number of halogens is 5. The number of nitrogens with one attached hydrogen (secondary N) is 2. The number of aromatic nitrogens is 1. The molecule has 0 fully saturated rings. The molecular formula is C26H19Cl2F3N4O2S. The lowest BCUT2D eigenvalue weighted by molar-refractivity contribution is -0.137. The molecule has 6 nitrogen and oxygen atoms in total. The van der Waals surface area contributed by atoms with Gasteiger partial charge in [-0.1, -0.05) is 47.5 Å². The Bertz CT molecular complexity index is 1460. The van der Waals surface area contributed by atoms with Crippen LogP contribution in [-0.4, -0.2) is 17.1 Å². The Labute approximate surface area is 230 Å². The Morgan fingerprint density at radius 3 is 2.63 bits per heavy atom. The van der Waals surface area contributed by atoms with Gasteiger partial charge in [0.2, 0.25) is 5.91 Å². The van der Waals surface area contributed by atoms with Gasteiger partial charge in [0, 0.05) is 21.7 Å². The lowest BCUT2D eigenvalue weighted by Crippen LogP contribution is -2.19. The SMILES string of the molecule is O=C(Cc1csc(Nc2cccc(C(F)(F)F)c2)n1)N/N=C\c1ccc(OCc2ccccc2Cl)c(Cl)c1. The predicted octanol–water partition coefficient (Wildman–Crippen LogP) is 7.48. The molecule has 1 aromatic heterocycles. The number of amides is 1. The zero-order chi connectivity index (χ0) is 27.1. The Morgan fingerprint density at radius 1 is 1.05 bits per heavy atom. The quantitative estimate of drug-likeness (QED) is 0.159. The summed E-state index contributed by atoms with van der Waals surface area (Å²) in [5, 5.41) is 9.73. The summed E-state index contributed by atoms with van der Waals surface area (Å²) in [5.74, 6) is 0.0637. The van der Waals surface area contributed by atoms with Crippen molar-refractivity contribution in [3.05, 3.63) is 105 Å². The Hall–Kier alpha value is -3.60. The van der Waals surface area contributed by atoms with Crippen LogP contribution in [0.15, 0.2) is 77.2 Å². The molecule has 0 aliphatic heterocycles. The van der Waals surface area contributed by atoms with Gasteiger partial charge in [-0.2, -0.15) is 18.3 Å². The summed E-state index contributed by atoms with van der Waals surface area (Å²) in [7, 11) is 0. The van der Waals surface area contributed by atoms with E-state index >= 15 is 0 Å². The van der Waals surface area contributed by atoms with Gasteiger partial charge in [-0.3, -0.25) is 4.79 Å². The maximum Gasteiger partial charge on any atom is 0.416 e. The molecule has 196 valence electrons. The molecular weight excluding hydrogens is 560 g/mol. The minimum Gasteiger partial charge on any atom is -0.487 e. The minimum absolute atomic E-state index is 0.0618. The summed E-state index contributed by atoms with van der Waals surface area (Å²) >= 11 is 13.6. The summed E-state index contributed by atoms with van der Waals surface area (Å²) in [6.07, 6.45) is -3.07. The van der Waals surface area contributed by atoms with Crippen molar-refractivity contribution in [2.75, 3.05) is 5.32 Å². The van der Waals surface area contributed by atoms with E-state index in [0.29, 0.717) is 32.2 Å². The molecule has 4 aromatic rings. The highest BCUT2D eigenvalue weighted by Gasteiger charge is 2.30. The van der Waals surface area contributed by atoms with Gasteiger partial charge in [-0.25, -0.2) is 10.4 Å². The molecule has 38 heavy (non-hydrogen) atoms. The summed E-state index contributed by atoms with van der Waals surface area (Å²) in [6.45, 7) is 0.261. The average Bonchev–Trinajstić information content (AvgIpc) is 3.30. The van der Waals surface area contributed by atoms with Crippen LogP contribution in [-0.2, 0) is 24.0 Å². The number of hydrazone groups is 1. The fraction of sp³-hybridized carbons (Fsp3) is 0.115. The van der Waals surface area contributed by atoms with Crippen LogP contribution >= 0.6 is 34.5 Å². The summed E-state index contributed by atoms with van der Waals surface area (Å²) in [6, 6.07) is 17.2. The molecule has 0 saturated carbocycles. The maximum atomic E-state index is 12.9. The van der Waals surface area contributed by atoms with Crippen LogP contribution in [0, 0.1) is 0 Å². The van der Waals surface area contributed by atoms with Crippen LogP contribution < -0.4 is 15.5 Å². The van der Waals surface area contributed by atoms with Crippen molar-refractivity contribution in [1.29, 1.82) is 0 Å². The van der Waals surface area contributed by atoms with Crippen molar-refractivity contribution < 1.29 is 22.7 Å². The van der Waals surface area contributed by atoms with Crippen molar-refractivity contribution in [2.45, 2.75) is 19.2 Å². The van der Waals surface area contributed by atoms with Crippen LogP contribution in [0.2, 0.25) is 10.0 Å². The fourth-order valence-corrected chi connectivity index (χ4v) is 4.37. The summed E-state index contributed by atoms with van der Waals surface area (Å²) < 4.78 is 44.4. The third-order valence-electron chi connectivity index (χ3n) is 5.03. The Kier molecular flexibility index (Phi) is 8.88. The normalized spacial score (nSPS) is 11.5. The van der Waals surface area contributed by atoms with E-state index in [-0.39, 0.29) is 18.7 Å². The zero-order valence-electron chi connectivity index (χ0n) is 19.4. The first kappa shape index (κ1) is 27.4. The number of anilines is 2. The summed E-state index contributed by atoms with van der Waals surface area (Å²) in [4.78, 5) is 16.5. The van der Waals surface area contributed by atoms with E-state index in [1.165, 1.54) is 29.7 Å². The van der Waals surface area contributed by atoms with E-state index in [9.17, 15) is 18.0 Å². The van der Waals surface area contributed by atoms with E-state index in [2.05, 4.69) is 20.8 Å². The highest BCUT2D eigenvalue weighted by Crippen LogP contribution is 2.32. The average molecular weight is 579 g/mol. The lowest BCUT2D eigenvalue weighted by Gasteiger charge is -2.09. The fourth-order valence-electron chi connectivity index (χ4n) is 3.21. The van der Waals surface area contributed by atoms with E-state index in [1.807, 2.05) is 18.2 Å². The van der Waals surface area contributed by atoms with Crippen molar-refractivity contribution >= 4 is 57.5 Å². The Morgan fingerprint density at radius 2 is 1.87 bits per heavy atom. The number of ether oxygens (including phenoxy) is 1. The first-order valence-electron chi connectivity index (χ1n) is 11.0. The maximum absolute atomic E-state index is 12.9. The molecule has 4 rings (SSSR count). The molecule has 0 aliphatic rings. The highest BCUT2D eigenvalue weighted by molar-refractivity contribution is 7.13. The van der Waals surface area contributed by atoms with Crippen LogP contribution in [0.5, 0.6) is 5.75 Å². The predicted molar refractivity (Wildman–Crippen MR) is 144 cm³/mol. The van der Waals surface area contributed by atoms with Crippen molar-refractivity contribution in [3.8, 4) is 5.75 Å². The molecule has 0 aliphatic carbocycles. The van der Waals surface area contributed by atoms with Gasteiger partial charge in [0.05, 0.1) is 28.9 Å². The molecule has 1 amide bonds. The first-order chi connectivity index (χ1) is 18.2. The van der Waals surface area contributed by atoms with Gasteiger partial charge < -0.3 is 10.1 Å². The number of carbonyl (C=O) groups excluding carboxylic acids is 1. The molecule has 0 atom stereocenters. The largest absolute Gasteiger partial charge is 0.487 e. The molecule has 1 heterocycles. The third kappa shape index (κ3) is 7.70. The highest BCUT2D eigenvalue weighted by atomic mass is 35.5. The molecule has 12 heteroatoms. The molecule has 0 radical (unpaired) electrons. The number of alkyl halides is 3. The first-order valence-corrected chi connectivity index (χ1v) is 12.7. The van der Waals surface area contributed by atoms with Crippen molar-refractivity contribution in [1.82, 2.24) is 10.4 Å². The topological polar surface area (TPSA) is 75.6 Å². The molecule has 2 N–H and O–H groups in total.